The molecule has 0 saturated carbocycles. The molecule has 0 amide bonds. The summed E-state index contributed by atoms with van der Waals surface area (Å²) in [5.41, 5.74) is 0.588. The van der Waals surface area contributed by atoms with Crippen LogP contribution in [0.15, 0.2) is 9.21 Å². The Labute approximate surface area is 109 Å². The molecule has 1 N–H and O–H groups in total. The fraction of sp³-hybridized carbons (Fsp3) is 0.583. The minimum absolute atomic E-state index is 0.181. The van der Waals surface area contributed by atoms with Crippen LogP contribution in [0.4, 0.5) is 0 Å². The van der Waals surface area contributed by atoms with Gasteiger partial charge in [-0.15, -0.1) is 0 Å². The van der Waals surface area contributed by atoms with Gasteiger partial charge in [-0.1, -0.05) is 13.8 Å². The molecule has 0 bridgehead atoms. The van der Waals surface area contributed by atoms with Gasteiger partial charge in [0.2, 0.25) is 5.89 Å². The van der Waals surface area contributed by atoms with Crippen molar-refractivity contribution in [3.8, 4) is 0 Å². The first-order valence-electron chi connectivity index (χ1n) is 6.35. The molecule has 0 unspecified atom stereocenters. The monoisotopic (exact) mass is 264 g/mol. The third-order valence-corrected chi connectivity index (χ3v) is 3.06. The molecule has 2 aromatic heterocycles. The molecule has 0 radical (unpaired) electrons. The summed E-state index contributed by atoms with van der Waals surface area (Å²) in [6.45, 7) is 5.33. The maximum absolute atomic E-state index is 11.7. The lowest BCUT2D eigenvalue weighted by atomic mass is 10.2. The normalized spacial score (nSPS) is 14.9. The number of nitrogens with zero attached hydrogens (tertiary/aromatic N) is 3. The highest BCUT2D eigenvalue weighted by atomic mass is 16.5. The van der Waals surface area contributed by atoms with Gasteiger partial charge in [-0.05, 0) is 0 Å². The van der Waals surface area contributed by atoms with Crippen molar-refractivity contribution in [1.82, 2.24) is 19.7 Å². The van der Waals surface area contributed by atoms with Crippen molar-refractivity contribution in [3.05, 3.63) is 33.7 Å². The zero-order valence-corrected chi connectivity index (χ0v) is 11.0. The predicted octanol–water partition coefficient (Wildman–Crippen LogP) is 0.804. The molecule has 3 heterocycles. The minimum Gasteiger partial charge on any atom is -0.443 e. The molecule has 7 heteroatoms. The number of rotatable bonds is 3. The summed E-state index contributed by atoms with van der Waals surface area (Å²) in [7, 11) is 0. The summed E-state index contributed by atoms with van der Waals surface area (Å²) < 4.78 is 12.3. The van der Waals surface area contributed by atoms with Crippen molar-refractivity contribution in [2.45, 2.75) is 39.3 Å². The standard InChI is InChI=1S/C12H16N4O3/c1-7(2)11-14-12(17)16(15-11)5-10-13-8-6-18-4-3-9(8)19-10/h7H,3-6H2,1-2H3,(H,14,15,17). The Kier molecular flexibility index (Phi) is 2.98. The van der Waals surface area contributed by atoms with Crippen LogP contribution in [0.2, 0.25) is 0 Å². The summed E-state index contributed by atoms with van der Waals surface area (Å²) in [6, 6.07) is 0. The average molecular weight is 264 g/mol. The van der Waals surface area contributed by atoms with Gasteiger partial charge < -0.3 is 9.15 Å². The van der Waals surface area contributed by atoms with E-state index in [-0.39, 0.29) is 18.2 Å². The molecule has 2 aromatic rings. The fourth-order valence-corrected chi connectivity index (χ4v) is 2.02. The van der Waals surface area contributed by atoms with E-state index >= 15 is 0 Å². The van der Waals surface area contributed by atoms with Gasteiger partial charge in [0.25, 0.3) is 0 Å². The van der Waals surface area contributed by atoms with Crippen LogP contribution in [0.3, 0.4) is 0 Å². The molecule has 0 saturated heterocycles. The van der Waals surface area contributed by atoms with Gasteiger partial charge >= 0.3 is 5.69 Å². The highest BCUT2D eigenvalue weighted by molar-refractivity contribution is 5.11. The Morgan fingerprint density at radius 2 is 2.32 bits per heavy atom. The third kappa shape index (κ3) is 2.33. The highest BCUT2D eigenvalue weighted by Gasteiger charge is 2.18. The summed E-state index contributed by atoms with van der Waals surface area (Å²) in [5.74, 6) is 2.21. The van der Waals surface area contributed by atoms with E-state index in [9.17, 15) is 4.79 Å². The summed E-state index contributed by atoms with van der Waals surface area (Å²) in [5, 5.41) is 4.23. The van der Waals surface area contributed by atoms with E-state index in [1.165, 1.54) is 4.68 Å². The van der Waals surface area contributed by atoms with Crippen LogP contribution >= 0.6 is 0 Å². The van der Waals surface area contributed by atoms with E-state index in [0.717, 1.165) is 17.9 Å². The van der Waals surface area contributed by atoms with Crippen molar-refractivity contribution in [1.29, 1.82) is 0 Å². The molecule has 0 atom stereocenters. The molecule has 102 valence electrons. The number of ether oxygens (including phenoxy) is 1. The van der Waals surface area contributed by atoms with Gasteiger partial charge in [-0.25, -0.2) is 14.5 Å². The molecule has 0 aliphatic carbocycles. The summed E-state index contributed by atoms with van der Waals surface area (Å²) in [4.78, 5) is 18.8. The average Bonchev–Trinajstić information content (AvgIpc) is 2.93. The maximum Gasteiger partial charge on any atom is 0.343 e. The first kappa shape index (κ1) is 12.2. The number of aromatic nitrogens is 4. The quantitative estimate of drug-likeness (QED) is 0.886. The number of hydrogen-bond acceptors (Lipinski definition) is 5. The Bertz CT molecular complexity index is 614. The van der Waals surface area contributed by atoms with Gasteiger partial charge in [-0.2, -0.15) is 5.10 Å². The molecule has 0 spiro atoms. The lowest BCUT2D eigenvalue weighted by molar-refractivity contribution is 0.102. The minimum atomic E-state index is -0.240. The zero-order valence-electron chi connectivity index (χ0n) is 11.0. The Morgan fingerprint density at radius 1 is 1.47 bits per heavy atom. The third-order valence-electron chi connectivity index (χ3n) is 3.06. The van der Waals surface area contributed by atoms with Crippen molar-refractivity contribution in [3.63, 3.8) is 0 Å². The number of oxazole rings is 1. The first-order chi connectivity index (χ1) is 9.13. The van der Waals surface area contributed by atoms with Crippen molar-refractivity contribution in [2.24, 2.45) is 0 Å². The first-order valence-corrected chi connectivity index (χ1v) is 6.35. The number of hydrogen-bond donors (Lipinski definition) is 1. The van der Waals surface area contributed by atoms with Crippen molar-refractivity contribution in [2.75, 3.05) is 6.61 Å². The van der Waals surface area contributed by atoms with E-state index in [1.807, 2.05) is 13.8 Å². The van der Waals surface area contributed by atoms with Crippen LogP contribution in [0.1, 0.15) is 42.9 Å². The zero-order chi connectivity index (χ0) is 13.4. The molecule has 0 aromatic carbocycles. The van der Waals surface area contributed by atoms with Crippen molar-refractivity contribution < 1.29 is 9.15 Å². The maximum atomic E-state index is 11.7. The molecular weight excluding hydrogens is 248 g/mol. The van der Waals surface area contributed by atoms with E-state index in [1.54, 1.807) is 0 Å². The Hall–Kier alpha value is -1.89. The molecule has 3 rings (SSSR count). The van der Waals surface area contributed by atoms with Gasteiger partial charge in [0.05, 0.1) is 13.2 Å². The Balaban J connectivity index is 1.85. The van der Waals surface area contributed by atoms with Crippen LogP contribution in [0.25, 0.3) is 0 Å². The second-order valence-electron chi connectivity index (χ2n) is 4.91. The smallest absolute Gasteiger partial charge is 0.343 e. The van der Waals surface area contributed by atoms with E-state index in [0.29, 0.717) is 24.9 Å². The number of aromatic amines is 1. The molecule has 1 aliphatic heterocycles. The number of H-pyrrole nitrogens is 1. The van der Waals surface area contributed by atoms with Crippen LogP contribution in [-0.2, 0) is 24.3 Å². The van der Waals surface area contributed by atoms with Crippen LogP contribution in [0.5, 0.6) is 0 Å². The second-order valence-corrected chi connectivity index (χ2v) is 4.91. The molecular formula is C12H16N4O3. The lowest BCUT2D eigenvalue weighted by Gasteiger charge is -2.07. The highest BCUT2D eigenvalue weighted by Crippen LogP contribution is 2.17. The largest absolute Gasteiger partial charge is 0.443 e. The number of fused-ring (bicyclic) bond motifs is 1. The molecule has 1 aliphatic rings. The lowest BCUT2D eigenvalue weighted by Crippen LogP contribution is -2.18. The van der Waals surface area contributed by atoms with Crippen LogP contribution in [-0.4, -0.2) is 26.4 Å². The van der Waals surface area contributed by atoms with Crippen molar-refractivity contribution >= 4 is 0 Å². The van der Waals surface area contributed by atoms with E-state index < -0.39 is 0 Å². The van der Waals surface area contributed by atoms with Gasteiger partial charge in [0.15, 0.2) is 0 Å². The van der Waals surface area contributed by atoms with Crippen LogP contribution in [0, 0.1) is 0 Å². The Morgan fingerprint density at radius 3 is 3.00 bits per heavy atom. The topological polar surface area (TPSA) is 85.9 Å². The van der Waals surface area contributed by atoms with E-state index in [2.05, 4.69) is 15.1 Å². The molecule has 7 nitrogen and oxygen atoms in total. The fourth-order valence-electron chi connectivity index (χ4n) is 2.02. The summed E-state index contributed by atoms with van der Waals surface area (Å²) in [6.07, 6.45) is 0.731. The molecule has 0 fully saturated rings. The number of nitrogens with one attached hydrogen (secondary N) is 1. The molecule has 19 heavy (non-hydrogen) atoms. The predicted molar refractivity (Wildman–Crippen MR) is 65.9 cm³/mol. The second kappa shape index (κ2) is 4.65. The van der Waals surface area contributed by atoms with Gasteiger partial charge in [0.1, 0.15) is 23.8 Å². The van der Waals surface area contributed by atoms with Gasteiger partial charge in [-0.3, -0.25) is 4.98 Å². The van der Waals surface area contributed by atoms with E-state index in [4.69, 9.17) is 9.15 Å². The van der Waals surface area contributed by atoms with Gasteiger partial charge in [0, 0.05) is 12.3 Å². The van der Waals surface area contributed by atoms with Crippen LogP contribution < -0.4 is 5.69 Å². The summed E-state index contributed by atoms with van der Waals surface area (Å²) >= 11 is 0. The SMILES string of the molecule is CC(C)c1nn(Cc2nc3c(o2)CCOC3)c(=O)[nH]1.